The molecular weight excluding hydrogens is 268 g/mol. The van der Waals surface area contributed by atoms with Gasteiger partial charge in [-0.05, 0) is 25.8 Å². The van der Waals surface area contributed by atoms with Gasteiger partial charge in [-0.1, -0.05) is 90.4 Å². The Labute approximate surface area is 140 Å². The van der Waals surface area contributed by atoms with Gasteiger partial charge >= 0.3 is 0 Å². The lowest BCUT2D eigenvalue weighted by Gasteiger charge is -2.29. The van der Waals surface area contributed by atoms with Gasteiger partial charge in [0.05, 0.1) is 0 Å². The average Bonchev–Trinajstić information content (AvgIpc) is 2.53. The molecule has 0 heterocycles. The van der Waals surface area contributed by atoms with Crippen LogP contribution in [0.25, 0.3) is 0 Å². The highest BCUT2D eigenvalue weighted by molar-refractivity contribution is 4.83. The maximum atomic E-state index is 6.16. The van der Waals surface area contributed by atoms with Crippen molar-refractivity contribution < 1.29 is 0 Å². The van der Waals surface area contributed by atoms with E-state index in [1.165, 1.54) is 109 Å². The standard InChI is InChI=1S/C20H42N2/c1-2-3-4-5-6-7-8-9-10-11-12-15-18-22-20-17-14-13-16-19(20)21/h19-20,22H,2-18,21H2,1H3. The Kier molecular flexibility index (Phi) is 13.2. The number of hydrogen-bond donors (Lipinski definition) is 2. The number of nitrogens with two attached hydrogens (primary N) is 1. The fourth-order valence-corrected chi connectivity index (χ4v) is 3.67. The van der Waals surface area contributed by atoms with E-state index in [4.69, 9.17) is 5.73 Å². The molecule has 0 aliphatic heterocycles. The van der Waals surface area contributed by atoms with E-state index in [0.29, 0.717) is 12.1 Å². The summed E-state index contributed by atoms with van der Waals surface area (Å²) in [6.45, 7) is 3.47. The Morgan fingerprint density at radius 1 is 0.727 bits per heavy atom. The van der Waals surface area contributed by atoms with Crippen LogP contribution in [0.15, 0.2) is 0 Å². The molecule has 0 spiro atoms. The molecular formula is C20H42N2. The molecule has 3 N–H and O–H groups in total. The first-order chi connectivity index (χ1) is 10.8. The number of nitrogens with one attached hydrogen (secondary N) is 1. The summed E-state index contributed by atoms with van der Waals surface area (Å²) in [7, 11) is 0. The summed E-state index contributed by atoms with van der Waals surface area (Å²) in [6.07, 6.45) is 22.3. The molecule has 2 atom stereocenters. The van der Waals surface area contributed by atoms with Crippen molar-refractivity contribution in [1.29, 1.82) is 0 Å². The summed E-state index contributed by atoms with van der Waals surface area (Å²) in [5, 5.41) is 3.68. The smallest absolute Gasteiger partial charge is 0.0219 e. The monoisotopic (exact) mass is 310 g/mol. The molecule has 132 valence electrons. The molecule has 0 aromatic heterocycles. The van der Waals surface area contributed by atoms with Crippen molar-refractivity contribution in [2.24, 2.45) is 5.73 Å². The van der Waals surface area contributed by atoms with Gasteiger partial charge in [0, 0.05) is 12.1 Å². The summed E-state index contributed by atoms with van der Waals surface area (Å²) >= 11 is 0. The average molecular weight is 311 g/mol. The minimum absolute atomic E-state index is 0.408. The zero-order chi connectivity index (χ0) is 15.9. The van der Waals surface area contributed by atoms with Crippen molar-refractivity contribution in [2.45, 2.75) is 122 Å². The third-order valence-corrected chi connectivity index (χ3v) is 5.26. The quantitative estimate of drug-likeness (QED) is 0.413. The topological polar surface area (TPSA) is 38.0 Å². The van der Waals surface area contributed by atoms with Crippen LogP contribution in [0.4, 0.5) is 0 Å². The van der Waals surface area contributed by atoms with E-state index in [2.05, 4.69) is 12.2 Å². The van der Waals surface area contributed by atoms with Crippen molar-refractivity contribution in [3.8, 4) is 0 Å². The van der Waals surface area contributed by atoms with E-state index in [-0.39, 0.29) is 0 Å². The molecule has 0 aromatic rings. The highest BCUT2D eigenvalue weighted by Crippen LogP contribution is 2.17. The zero-order valence-corrected chi connectivity index (χ0v) is 15.3. The molecule has 1 aliphatic rings. The lowest BCUT2D eigenvalue weighted by molar-refractivity contribution is 0.325. The second-order valence-electron chi connectivity index (χ2n) is 7.40. The summed E-state index contributed by atoms with van der Waals surface area (Å²) < 4.78 is 0. The highest BCUT2D eigenvalue weighted by Gasteiger charge is 2.20. The van der Waals surface area contributed by atoms with Crippen LogP contribution in [0.5, 0.6) is 0 Å². The first-order valence-corrected chi connectivity index (χ1v) is 10.3. The summed E-state index contributed by atoms with van der Waals surface area (Å²) in [5.41, 5.74) is 6.16. The molecule has 2 nitrogen and oxygen atoms in total. The van der Waals surface area contributed by atoms with Crippen LogP contribution in [0.2, 0.25) is 0 Å². The number of unbranched alkanes of at least 4 members (excludes halogenated alkanes) is 11. The largest absolute Gasteiger partial charge is 0.326 e. The first-order valence-electron chi connectivity index (χ1n) is 10.3. The van der Waals surface area contributed by atoms with Crippen molar-refractivity contribution in [2.75, 3.05) is 6.54 Å². The SMILES string of the molecule is CCCCCCCCCCCCCCNC1CCCCC1N. The van der Waals surface area contributed by atoms with Crippen LogP contribution in [-0.4, -0.2) is 18.6 Å². The number of rotatable bonds is 14. The summed E-state index contributed by atoms with van der Waals surface area (Å²) in [5.74, 6) is 0. The predicted molar refractivity (Wildman–Crippen MR) is 99.3 cm³/mol. The molecule has 22 heavy (non-hydrogen) atoms. The fourth-order valence-electron chi connectivity index (χ4n) is 3.67. The molecule has 0 aromatic carbocycles. The molecule has 1 fully saturated rings. The van der Waals surface area contributed by atoms with Gasteiger partial charge in [0.1, 0.15) is 0 Å². The Morgan fingerprint density at radius 3 is 1.77 bits per heavy atom. The Morgan fingerprint density at radius 2 is 1.23 bits per heavy atom. The zero-order valence-electron chi connectivity index (χ0n) is 15.3. The molecule has 0 saturated heterocycles. The summed E-state index contributed by atoms with van der Waals surface area (Å²) in [4.78, 5) is 0. The normalized spacial score (nSPS) is 22.1. The molecule has 1 aliphatic carbocycles. The van der Waals surface area contributed by atoms with Crippen LogP contribution in [0.1, 0.15) is 110 Å². The van der Waals surface area contributed by atoms with Gasteiger partial charge in [-0.25, -0.2) is 0 Å². The molecule has 2 heteroatoms. The van der Waals surface area contributed by atoms with Gasteiger partial charge in [-0.3, -0.25) is 0 Å². The van der Waals surface area contributed by atoms with E-state index < -0.39 is 0 Å². The van der Waals surface area contributed by atoms with Crippen molar-refractivity contribution >= 4 is 0 Å². The van der Waals surface area contributed by atoms with Gasteiger partial charge in [0.2, 0.25) is 0 Å². The van der Waals surface area contributed by atoms with Gasteiger partial charge in [-0.15, -0.1) is 0 Å². The minimum Gasteiger partial charge on any atom is -0.326 e. The number of hydrogen-bond acceptors (Lipinski definition) is 2. The van der Waals surface area contributed by atoms with Gasteiger partial charge in [-0.2, -0.15) is 0 Å². The first kappa shape index (κ1) is 20.0. The highest BCUT2D eigenvalue weighted by atomic mass is 14.9. The second kappa shape index (κ2) is 14.5. The lowest BCUT2D eigenvalue weighted by Crippen LogP contribution is -2.47. The Bertz CT molecular complexity index is 230. The van der Waals surface area contributed by atoms with Gasteiger partial charge in [0.25, 0.3) is 0 Å². The Hall–Kier alpha value is -0.0800. The van der Waals surface area contributed by atoms with E-state index in [0.717, 1.165) is 0 Å². The van der Waals surface area contributed by atoms with Gasteiger partial charge in [0.15, 0.2) is 0 Å². The van der Waals surface area contributed by atoms with E-state index >= 15 is 0 Å². The molecule has 2 unspecified atom stereocenters. The maximum Gasteiger partial charge on any atom is 0.0219 e. The van der Waals surface area contributed by atoms with Crippen molar-refractivity contribution in [3.05, 3.63) is 0 Å². The fraction of sp³-hybridized carbons (Fsp3) is 1.00. The van der Waals surface area contributed by atoms with E-state index in [1.807, 2.05) is 0 Å². The molecule has 1 rings (SSSR count). The van der Waals surface area contributed by atoms with Crippen LogP contribution >= 0.6 is 0 Å². The third-order valence-electron chi connectivity index (χ3n) is 5.26. The third kappa shape index (κ3) is 10.6. The van der Waals surface area contributed by atoms with Crippen LogP contribution in [0, 0.1) is 0 Å². The van der Waals surface area contributed by atoms with Crippen LogP contribution in [-0.2, 0) is 0 Å². The van der Waals surface area contributed by atoms with E-state index in [1.54, 1.807) is 0 Å². The van der Waals surface area contributed by atoms with Crippen molar-refractivity contribution in [3.63, 3.8) is 0 Å². The van der Waals surface area contributed by atoms with Crippen molar-refractivity contribution in [1.82, 2.24) is 5.32 Å². The lowest BCUT2D eigenvalue weighted by atomic mass is 9.91. The van der Waals surface area contributed by atoms with Gasteiger partial charge < -0.3 is 11.1 Å². The molecule has 1 saturated carbocycles. The molecule has 0 radical (unpaired) electrons. The molecule has 0 bridgehead atoms. The maximum absolute atomic E-state index is 6.16. The predicted octanol–water partition coefficient (Wildman–Crippen LogP) is 5.55. The van der Waals surface area contributed by atoms with Crippen LogP contribution in [0.3, 0.4) is 0 Å². The van der Waals surface area contributed by atoms with Crippen LogP contribution < -0.4 is 11.1 Å². The summed E-state index contributed by atoms with van der Waals surface area (Å²) in [6, 6.07) is 1.01. The minimum atomic E-state index is 0.408. The molecule has 0 amide bonds. The van der Waals surface area contributed by atoms with E-state index in [9.17, 15) is 0 Å². The second-order valence-corrected chi connectivity index (χ2v) is 7.40. The Balaban J connectivity index is 1.74.